The number of nitrogens with zero attached hydrogens (tertiary/aromatic N) is 2. The van der Waals surface area contributed by atoms with Crippen molar-refractivity contribution >= 4 is 50.3 Å². The highest BCUT2D eigenvalue weighted by molar-refractivity contribution is 7.99. The number of nitrogens with two attached hydrogens (primary N) is 1. The Morgan fingerprint density at radius 3 is 2.62 bits per heavy atom. The number of para-hydroxylation sites is 1. The molecule has 1 amide bonds. The predicted molar refractivity (Wildman–Crippen MR) is 102 cm³/mol. The number of thioether (sulfide) groups is 1. The van der Waals surface area contributed by atoms with E-state index in [4.69, 9.17) is 5.73 Å². The first-order chi connectivity index (χ1) is 12.5. The van der Waals surface area contributed by atoms with Gasteiger partial charge in [-0.05, 0) is 23.6 Å². The fourth-order valence-electron chi connectivity index (χ4n) is 2.02. The molecule has 0 unspecified atom stereocenters. The summed E-state index contributed by atoms with van der Waals surface area (Å²) in [5, 5.41) is 4.64. The Bertz CT molecular complexity index is 1010. The third-order valence-electron chi connectivity index (χ3n) is 3.20. The zero-order valence-corrected chi connectivity index (χ0v) is 15.8. The summed E-state index contributed by atoms with van der Waals surface area (Å²) in [5.74, 6) is -0.288. The van der Waals surface area contributed by atoms with Crippen LogP contribution in [0.3, 0.4) is 0 Å². The molecule has 2 heterocycles. The molecule has 134 valence electrons. The van der Waals surface area contributed by atoms with E-state index in [1.165, 1.54) is 12.3 Å². The van der Waals surface area contributed by atoms with Crippen LogP contribution in [-0.4, -0.2) is 30.0 Å². The fourth-order valence-corrected chi connectivity index (χ4v) is 5.02. The van der Waals surface area contributed by atoms with Gasteiger partial charge in [-0.3, -0.25) is 4.79 Å². The third kappa shape index (κ3) is 4.21. The second-order valence-corrected chi connectivity index (χ2v) is 9.08. The zero-order chi connectivity index (χ0) is 18.6. The van der Waals surface area contributed by atoms with Crippen molar-refractivity contribution in [2.24, 2.45) is 0 Å². The van der Waals surface area contributed by atoms with Crippen molar-refractivity contribution in [3.8, 4) is 0 Å². The molecule has 0 saturated heterocycles. The Morgan fingerprint density at radius 2 is 1.96 bits per heavy atom. The average molecular weight is 407 g/mol. The number of hydrogen-bond donors (Lipinski definition) is 2. The van der Waals surface area contributed by atoms with Crippen LogP contribution in [0.15, 0.2) is 68.3 Å². The molecule has 0 aliphatic carbocycles. The highest BCUT2D eigenvalue weighted by Gasteiger charge is 2.23. The molecule has 0 atom stereocenters. The lowest BCUT2D eigenvalue weighted by atomic mass is 10.3. The van der Waals surface area contributed by atoms with Crippen LogP contribution in [-0.2, 0) is 14.6 Å². The number of thiophene rings is 1. The Hall–Kier alpha value is -2.43. The monoisotopic (exact) mass is 406 g/mol. The maximum absolute atomic E-state index is 12.5. The van der Waals surface area contributed by atoms with Crippen molar-refractivity contribution < 1.29 is 13.2 Å². The lowest BCUT2D eigenvalue weighted by Gasteiger charge is -2.07. The van der Waals surface area contributed by atoms with Crippen molar-refractivity contribution in [2.75, 3.05) is 16.8 Å². The van der Waals surface area contributed by atoms with Gasteiger partial charge in [-0.15, -0.1) is 11.3 Å². The minimum atomic E-state index is -3.74. The number of benzene rings is 1. The van der Waals surface area contributed by atoms with E-state index >= 15 is 0 Å². The normalized spacial score (nSPS) is 11.2. The third-order valence-corrected chi connectivity index (χ3v) is 7.23. The number of sulfone groups is 1. The van der Waals surface area contributed by atoms with Crippen molar-refractivity contribution in [3.63, 3.8) is 0 Å². The van der Waals surface area contributed by atoms with E-state index in [1.807, 2.05) is 18.2 Å². The molecule has 3 rings (SSSR count). The van der Waals surface area contributed by atoms with Crippen LogP contribution in [0.1, 0.15) is 0 Å². The maximum Gasteiger partial charge on any atom is 0.234 e. The number of anilines is 2. The predicted octanol–water partition coefficient (Wildman–Crippen LogP) is 2.68. The molecule has 1 aromatic carbocycles. The van der Waals surface area contributed by atoms with E-state index in [9.17, 15) is 13.2 Å². The van der Waals surface area contributed by atoms with Gasteiger partial charge in [-0.1, -0.05) is 36.0 Å². The molecule has 0 spiro atoms. The van der Waals surface area contributed by atoms with Crippen LogP contribution in [0.4, 0.5) is 11.5 Å². The topological polar surface area (TPSA) is 115 Å². The van der Waals surface area contributed by atoms with E-state index in [1.54, 1.807) is 23.6 Å². The summed E-state index contributed by atoms with van der Waals surface area (Å²) in [5.41, 5.74) is 6.49. The van der Waals surface area contributed by atoms with Gasteiger partial charge in [-0.2, -0.15) is 0 Å². The van der Waals surface area contributed by atoms with Crippen LogP contribution in [0.2, 0.25) is 0 Å². The Balaban J connectivity index is 1.67. The first-order valence-electron chi connectivity index (χ1n) is 7.35. The van der Waals surface area contributed by atoms with Crippen LogP contribution in [0.25, 0.3) is 0 Å². The van der Waals surface area contributed by atoms with Crippen LogP contribution < -0.4 is 11.1 Å². The molecule has 0 saturated carbocycles. The van der Waals surface area contributed by atoms with Crippen molar-refractivity contribution in [1.29, 1.82) is 0 Å². The second-order valence-electron chi connectivity index (χ2n) is 5.04. The molecule has 0 aliphatic rings. The number of nitrogen functional groups attached to an aromatic ring is 1. The van der Waals surface area contributed by atoms with Gasteiger partial charge in [0.15, 0.2) is 5.16 Å². The molecule has 0 fully saturated rings. The quantitative estimate of drug-likeness (QED) is 0.478. The summed E-state index contributed by atoms with van der Waals surface area (Å²) < 4.78 is 25.1. The van der Waals surface area contributed by atoms with Gasteiger partial charge in [0.2, 0.25) is 15.7 Å². The van der Waals surface area contributed by atoms with E-state index in [0.29, 0.717) is 5.69 Å². The highest BCUT2D eigenvalue weighted by atomic mass is 32.2. The van der Waals surface area contributed by atoms with E-state index < -0.39 is 9.84 Å². The summed E-state index contributed by atoms with van der Waals surface area (Å²) >= 11 is 2.17. The summed E-state index contributed by atoms with van der Waals surface area (Å²) in [7, 11) is -3.74. The molecule has 3 aromatic rings. The summed E-state index contributed by atoms with van der Waals surface area (Å²) in [4.78, 5) is 19.8. The Labute approximate surface area is 158 Å². The second kappa shape index (κ2) is 7.85. The first-order valence-corrected chi connectivity index (χ1v) is 10.7. The van der Waals surface area contributed by atoms with Gasteiger partial charge in [0.1, 0.15) is 14.9 Å². The fraction of sp³-hybridized carbons (Fsp3) is 0.0625. The van der Waals surface area contributed by atoms with Gasteiger partial charge in [0.05, 0.1) is 11.9 Å². The first kappa shape index (κ1) is 18.4. The van der Waals surface area contributed by atoms with Gasteiger partial charge < -0.3 is 11.1 Å². The Kier molecular flexibility index (Phi) is 5.55. The van der Waals surface area contributed by atoms with Gasteiger partial charge in [0.25, 0.3) is 0 Å². The molecule has 26 heavy (non-hydrogen) atoms. The van der Waals surface area contributed by atoms with E-state index in [2.05, 4.69) is 15.3 Å². The molecular formula is C16H14N4O3S3. The molecule has 0 radical (unpaired) electrons. The minimum Gasteiger partial charge on any atom is -0.382 e. The highest BCUT2D eigenvalue weighted by Crippen LogP contribution is 2.28. The smallest absolute Gasteiger partial charge is 0.234 e. The molecule has 2 aromatic heterocycles. The summed E-state index contributed by atoms with van der Waals surface area (Å²) in [6, 6.07) is 12.2. The number of carbonyl (C=O) groups excluding carboxylic acids is 1. The Morgan fingerprint density at radius 1 is 1.19 bits per heavy atom. The number of carbonyl (C=O) groups is 1. The SMILES string of the molecule is Nc1nc(SCC(=O)Nc2ccccc2)ncc1S(=O)(=O)c1cccs1. The number of hydrogen-bond acceptors (Lipinski definition) is 8. The van der Waals surface area contributed by atoms with Gasteiger partial charge in [-0.25, -0.2) is 18.4 Å². The van der Waals surface area contributed by atoms with E-state index in [0.717, 1.165) is 23.1 Å². The van der Waals surface area contributed by atoms with Crippen molar-refractivity contribution in [2.45, 2.75) is 14.3 Å². The number of aromatic nitrogens is 2. The average Bonchev–Trinajstić information content (AvgIpc) is 3.16. The van der Waals surface area contributed by atoms with Crippen molar-refractivity contribution in [1.82, 2.24) is 9.97 Å². The lowest BCUT2D eigenvalue weighted by molar-refractivity contribution is -0.113. The number of nitrogens with one attached hydrogen (secondary N) is 1. The largest absolute Gasteiger partial charge is 0.382 e. The molecule has 7 nitrogen and oxygen atoms in total. The molecule has 10 heteroatoms. The van der Waals surface area contributed by atoms with Crippen LogP contribution >= 0.6 is 23.1 Å². The van der Waals surface area contributed by atoms with Gasteiger partial charge >= 0.3 is 0 Å². The lowest BCUT2D eigenvalue weighted by Crippen LogP contribution is -2.14. The van der Waals surface area contributed by atoms with Crippen molar-refractivity contribution in [3.05, 3.63) is 54.0 Å². The zero-order valence-electron chi connectivity index (χ0n) is 13.3. The van der Waals surface area contributed by atoms with Crippen LogP contribution in [0.5, 0.6) is 0 Å². The summed E-state index contributed by atoms with van der Waals surface area (Å²) in [6.45, 7) is 0. The minimum absolute atomic E-state index is 0.0748. The number of rotatable bonds is 6. The standard InChI is InChI=1S/C16H14N4O3S3/c17-15-12(26(22,23)14-7-4-8-24-14)9-18-16(20-15)25-10-13(21)19-11-5-2-1-3-6-11/h1-9H,10H2,(H,19,21)(H2,17,18,20). The molecule has 0 aliphatic heterocycles. The number of amides is 1. The maximum atomic E-state index is 12.5. The summed E-state index contributed by atoms with van der Waals surface area (Å²) in [6.07, 6.45) is 1.18. The molecular weight excluding hydrogens is 392 g/mol. The van der Waals surface area contributed by atoms with Crippen LogP contribution in [0, 0.1) is 0 Å². The van der Waals surface area contributed by atoms with E-state index in [-0.39, 0.29) is 31.7 Å². The molecule has 3 N–H and O–H groups in total. The van der Waals surface area contributed by atoms with Gasteiger partial charge in [0, 0.05) is 5.69 Å². The molecule has 0 bridgehead atoms.